The van der Waals surface area contributed by atoms with E-state index in [1.807, 2.05) is 0 Å². The molecule has 20 heavy (non-hydrogen) atoms. The number of anilines is 1. The maximum atomic E-state index is 12.2. The molecule has 4 N–H and O–H groups in total. The van der Waals surface area contributed by atoms with Crippen molar-refractivity contribution in [3.63, 3.8) is 0 Å². The van der Waals surface area contributed by atoms with E-state index >= 15 is 0 Å². The number of H-pyrrole nitrogens is 1. The number of halogens is 3. The summed E-state index contributed by atoms with van der Waals surface area (Å²) in [5.41, 5.74) is 6.17. The third-order valence-electron chi connectivity index (χ3n) is 2.50. The second-order valence-electron chi connectivity index (χ2n) is 3.92. The summed E-state index contributed by atoms with van der Waals surface area (Å²) in [7, 11) is -3.78. The third kappa shape index (κ3) is 3.21. The van der Waals surface area contributed by atoms with Gasteiger partial charge in [-0.3, -0.25) is 4.72 Å². The first-order valence-electron chi connectivity index (χ1n) is 5.38. The van der Waals surface area contributed by atoms with Crippen LogP contribution >= 0.6 is 34.8 Å². The van der Waals surface area contributed by atoms with Crippen molar-refractivity contribution in [1.82, 2.24) is 4.98 Å². The van der Waals surface area contributed by atoms with Crippen LogP contribution in [-0.4, -0.2) is 13.4 Å². The van der Waals surface area contributed by atoms with Crippen LogP contribution in [0.25, 0.3) is 0 Å². The molecular weight excluding hydrogens is 345 g/mol. The molecule has 0 atom stereocenters. The zero-order valence-electron chi connectivity index (χ0n) is 9.95. The number of nitrogens with one attached hydrogen (secondary N) is 2. The lowest BCUT2D eigenvalue weighted by molar-refractivity contribution is 0.601. The summed E-state index contributed by atoms with van der Waals surface area (Å²) in [6.07, 6.45) is 1.34. The Balaban J connectivity index is 2.35. The van der Waals surface area contributed by atoms with Gasteiger partial charge in [0.2, 0.25) is 0 Å². The second-order valence-corrected chi connectivity index (χ2v) is 6.82. The molecule has 0 spiro atoms. The molecule has 0 aliphatic rings. The Morgan fingerprint density at radius 2 is 1.75 bits per heavy atom. The smallest absolute Gasteiger partial charge is 0.263 e. The molecule has 0 amide bonds. The highest BCUT2D eigenvalue weighted by Crippen LogP contribution is 2.33. The van der Waals surface area contributed by atoms with Crippen molar-refractivity contribution in [2.24, 2.45) is 5.73 Å². The van der Waals surface area contributed by atoms with Crippen molar-refractivity contribution < 1.29 is 8.42 Å². The predicted octanol–water partition coefficient (Wildman–Crippen LogP) is 3.23. The van der Waals surface area contributed by atoms with Gasteiger partial charge in [-0.15, -0.1) is 0 Å². The topological polar surface area (TPSA) is 88.0 Å². The second kappa shape index (κ2) is 5.83. The maximum absolute atomic E-state index is 12.2. The molecule has 0 saturated carbocycles. The molecule has 9 heteroatoms. The van der Waals surface area contributed by atoms with Gasteiger partial charge in [0, 0.05) is 18.4 Å². The van der Waals surface area contributed by atoms with Gasteiger partial charge in [0.05, 0.1) is 20.8 Å². The zero-order chi connectivity index (χ0) is 14.9. The quantitative estimate of drug-likeness (QED) is 0.736. The van der Waals surface area contributed by atoms with E-state index in [4.69, 9.17) is 40.5 Å². The SMILES string of the molecule is NCc1cc(S(=O)(=O)Nc2cc(Cl)c(Cl)cc2Cl)c[nH]1. The maximum Gasteiger partial charge on any atom is 0.263 e. The molecule has 0 radical (unpaired) electrons. The number of aromatic nitrogens is 1. The molecule has 2 aromatic rings. The van der Waals surface area contributed by atoms with E-state index in [0.29, 0.717) is 5.69 Å². The number of hydrogen-bond donors (Lipinski definition) is 3. The first-order valence-corrected chi connectivity index (χ1v) is 8.00. The standard InChI is InChI=1S/C11H10Cl3N3O2S/c12-8-2-10(14)11(3-9(8)13)17-20(18,19)7-1-6(4-15)16-5-7/h1-3,5,16-17H,4,15H2. The van der Waals surface area contributed by atoms with Gasteiger partial charge in [-0.25, -0.2) is 8.42 Å². The van der Waals surface area contributed by atoms with E-state index in [9.17, 15) is 8.42 Å². The van der Waals surface area contributed by atoms with Crippen LogP contribution in [0, 0.1) is 0 Å². The molecule has 0 unspecified atom stereocenters. The number of benzene rings is 1. The Morgan fingerprint density at radius 3 is 2.35 bits per heavy atom. The lowest BCUT2D eigenvalue weighted by Crippen LogP contribution is -2.12. The molecule has 0 aliphatic carbocycles. The summed E-state index contributed by atoms with van der Waals surface area (Å²) >= 11 is 17.6. The summed E-state index contributed by atoms with van der Waals surface area (Å²) in [5, 5.41) is 0.592. The Bertz CT molecular complexity index is 743. The number of aromatic amines is 1. The van der Waals surface area contributed by atoms with Crippen LogP contribution in [-0.2, 0) is 16.6 Å². The Hall–Kier alpha value is -0.920. The molecule has 2 rings (SSSR count). The molecule has 1 heterocycles. The predicted molar refractivity (Wildman–Crippen MR) is 81.0 cm³/mol. The molecule has 0 saturated heterocycles. The third-order valence-corrected chi connectivity index (χ3v) is 4.88. The average molecular weight is 355 g/mol. The van der Waals surface area contributed by atoms with Gasteiger partial charge in [-0.1, -0.05) is 34.8 Å². The van der Waals surface area contributed by atoms with Crippen LogP contribution < -0.4 is 10.5 Å². The lowest BCUT2D eigenvalue weighted by Gasteiger charge is -2.09. The molecule has 0 fully saturated rings. The van der Waals surface area contributed by atoms with E-state index in [-0.39, 0.29) is 32.2 Å². The normalized spacial score (nSPS) is 11.6. The highest BCUT2D eigenvalue weighted by Gasteiger charge is 2.18. The van der Waals surface area contributed by atoms with E-state index in [0.717, 1.165) is 0 Å². The van der Waals surface area contributed by atoms with Crippen molar-refractivity contribution >= 4 is 50.5 Å². The van der Waals surface area contributed by atoms with Crippen molar-refractivity contribution in [2.45, 2.75) is 11.4 Å². The zero-order valence-corrected chi connectivity index (χ0v) is 13.0. The van der Waals surface area contributed by atoms with Crippen LogP contribution in [0.15, 0.2) is 29.3 Å². The number of hydrogen-bond acceptors (Lipinski definition) is 3. The van der Waals surface area contributed by atoms with Gasteiger partial charge in [-0.2, -0.15) is 0 Å². The molecule has 0 bridgehead atoms. The summed E-state index contributed by atoms with van der Waals surface area (Å²) in [6.45, 7) is 0.211. The summed E-state index contributed by atoms with van der Waals surface area (Å²) in [6, 6.07) is 4.15. The van der Waals surface area contributed by atoms with Crippen LogP contribution in [0.3, 0.4) is 0 Å². The first-order chi connectivity index (χ1) is 9.33. The monoisotopic (exact) mass is 353 g/mol. The Kier molecular flexibility index (Phi) is 4.51. The molecule has 108 valence electrons. The number of sulfonamides is 1. The Morgan fingerprint density at radius 1 is 1.10 bits per heavy atom. The minimum absolute atomic E-state index is 0.0556. The number of nitrogens with two attached hydrogens (primary N) is 1. The largest absolute Gasteiger partial charge is 0.363 e. The Labute approximate surface area is 131 Å². The van der Waals surface area contributed by atoms with E-state index in [1.165, 1.54) is 24.4 Å². The van der Waals surface area contributed by atoms with Gasteiger partial charge >= 0.3 is 0 Å². The van der Waals surface area contributed by atoms with Crippen LogP contribution in [0.4, 0.5) is 5.69 Å². The highest BCUT2D eigenvalue weighted by molar-refractivity contribution is 7.92. The van der Waals surface area contributed by atoms with Gasteiger partial charge in [0.25, 0.3) is 10.0 Å². The van der Waals surface area contributed by atoms with Gasteiger partial charge in [-0.05, 0) is 18.2 Å². The minimum Gasteiger partial charge on any atom is -0.363 e. The molecule has 5 nitrogen and oxygen atoms in total. The lowest BCUT2D eigenvalue weighted by atomic mass is 10.3. The van der Waals surface area contributed by atoms with Crippen molar-refractivity contribution in [1.29, 1.82) is 0 Å². The van der Waals surface area contributed by atoms with E-state index < -0.39 is 10.0 Å². The van der Waals surface area contributed by atoms with Gasteiger partial charge < -0.3 is 10.7 Å². The molecule has 1 aromatic carbocycles. The van der Waals surface area contributed by atoms with Crippen molar-refractivity contribution in [2.75, 3.05) is 4.72 Å². The van der Waals surface area contributed by atoms with Crippen molar-refractivity contribution in [3.05, 3.63) is 45.2 Å². The highest BCUT2D eigenvalue weighted by atomic mass is 35.5. The minimum atomic E-state index is -3.78. The van der Waals surface area contributed by atoms with Crippen LogP contribution in [0.1, 0.15) is 5.69 Å². The average Bonchev–Trinajstić information content (AvgIpc) is 2.85. The molecule has 1 aromatic heterocycles. The van der Waals surface area contributed by atoms with Crippen molar-refractivity contribution in [3.8, 4) is 0 Å². The number of rotatable bonds is 4. The molecule has 0 aliphatic heterocycles. The fourth-order valence-corrected chi connectivity index (χ4v) is 3.23. The van der Waals surface area contributed by atoms with E-state index in [2.05, 4.69) is 9.71 Å². The summed E-state index contributed by atoms with van der Waals surface area (Å²) in [5.74, 6) is 0. The van der Waals surface area contributed by atoms with E-state index in [1.54, 1.807) is 0 Å². The molecular formula is C11H10Cl3N3O2S. The van der Waals surface area contributed by atoms with Gasteiger partial charge in [0.15, 0.2) is 0 Å². The van der Waals surface area contributed by atoms with Crippen LogP contribution in [0.5, 0.6) is 0 Å². The van der Waals surface area contributed by atoms with Gasteiger partial charge in [0.1, 0.15) is 4.90 Å². The first kappa shape index (κ1) is 15.5. The van der Waals surface area contributed by atoms with Crippen LogP contribution in [0.2, 0.25) is 15.1 Å². The summed E-state index contributed by atoms with van der Waals surface area (Å²) in [4.78, 5) is 2.81. The summed E-state index contributed by atoms with van der Waals surface area (Å²) < 4.78 is 26.7. The fourth-order valence-electron chi connectivity index (χ4n) is 1.50. The fraction of sp³-hybridized carbons (Fsp3) is 0.0909.